The lowest BCUT2D eigenvalue weighted by atomic mass is 10.1. The zero-order chi connectivity index (χ0) is 16.9. The van der Waals surface area contributed by atoms with Gasteiger partial charge in [0, 0.05) is 26.8 Å². The number of carbonyl (C=O) groups excluding carboxylic acids is 1. The Balaban J connectivity index is 1.59. The Hall–Kier alpha value is -2.38. The third-order valence-electron chi connectivity index (χ3n) is 3.25. The number of nitrogens with zero attached hydrogens (tertiary/aromatic N) is 4. The topological polar surface area (TPSA) is 86.7 Å². The van der Waals surface area contributed by atoms with Crippen LogP contribution in [0.4, 0.5) is 0 Å². The van der Waals surface area contributed by atoms with Crippen molar-refractivity contribution in [3.8, 4) is 11.4 Å². The van der Waals surface area contributed by atoms with Gasteiger partial charge in [-0.1, -0.05) is 23.7 Å². The molecule has 3 rings (SSSR count). The normalized spacial score (nSPS) is 10.7. The van der Waals surface area contributed by atoms with Gasteiger partial charge in [0.25, 0.3) is 0 Å². The van der Waals surface area contributed by atoms with Crippen LogP contribution >= 0.6 is 23.4 Å². The van der Waals surface area contributed by atoms with Crippen LogP contribution in [0.25, 0.3) is 11.4 Å². The lowest BCUT2D eigenvalue weighted by molar-refractivity contribution is 0.100. The number of carbonyl (C=O) groups is 1. The molecule has 0 saturated carbocycles. The fraction of sp³-hybridized carbons (Fsp3) is 0.125. The molecule has 0 aliphatic rings. The molecule has 122 valence electrons. The highest BCUT2D eigenvalue weighted by Crippen LogP contribution is 2.20. The van der Waals surface area contributed by atoms with Gasteiger partial charge >= 0.3 is 0 Å². The number of benzene rings is 2. The van der Waals surface area contributed by atoms with Crippen molar-refractivity contribution in [2.24, 2.45) is 5.73 Å². The van der Waals surface area contributed by atoms with Gasteiger partial charge in [-0.3, -0.25) is 4.79 Å². The second-order valence-electron chi connectivity index (χ2n) is 4.95. The van der Waals surface area contributed by atoms with E-state index in [0.717, 1.165) is 21.2 Å². The molecule has 0 spiro atoms. The summed E-state index contributed by atoms with van der Waals surface area (Å²) < 4.78 is 0. The third kappa shape index (κ3) is 4.12. The first kappa shape index (κ1) is 16.5. The molecular formula is C16H14ClN5OS. The van der Waals surface area contributed by atoms with E-state index in [1.165, 1.54) is 0 Å². The van der Waals surface area contributed by atoms with E-state index in [1.54, 1.807) is 40.8 Å². The van der Waals surface area contributed by atoms with Crippen LogP contribution in [-0.2, 0) is 6.54 Å². The van der Waals surface area contributed by atoms with Crippen LogP contribution in [0.2, 0.25) is 5.02 Å². The van der Waals surface area contributed by atoms with Gasteiger partial charge in [0.15, 0.2) is 0 Å². The molecule has 0 bridgehead atoms. The first-order chi connectivity index (χ1) is 11.6. The summed E-state index contributed by atoms with van der Waals surface area (Å²) in [6.45, 7) is 0.639. The Morgan fingerprint density at radius 3 is 2.50 bits per heavy atom. The number of hydrogen-bond donors (Lipinski definition) is 1. The summed E-state index contributed by atoms with van der Waals surface area (Å²) in [5.41, 5.74) is 6.46. The molecule has 0 aliphatic heterocycles. The highest BCUT2D eigenvalue weighted by molar-refractivity contribution is 7.99. The number of amides is 1. The quantitative estimate of drug-likeness (QED) is 0.684. The molecule has 1 aromatic heterocycles. The monoisotopic (exact) mass is 359 g/mol. The number of primary amides is 1. The minimum absolute atomic E-state index is 0.450. The van der Waals surface area contributed by atoms with E-state index in [2.05, 4.69) is 15.4 Å². The molecule has 0 saturated heterocycles. The van der Waals surface area contributed by atoms with Crippen molar-refractivity contribution in [3.63, 3.8) is 0 Å². The van der Waals surface area contributed by atoms with E-state index in [-0.39, 0.29) is 0 Å². The number of hydrogen-bond acceptors (Lipinski definition) is 5. The average Bonchev–Trinajstić information content (AvgIpc) is 3.06. The van der Waals surface area contributed by atoms with Gasteiger partial charge in [0.1, 0.15) is 0 Å². The van der Waals surface area contributed by atoms with Gasteiger partial charge in [-0.15, -0.1) is 22.0 Å². The Morgan fingerprint density at radius 2 is 1.83 bits per heavy atom. The van der Waals surface area contributed by atoms with Crippen molar-refractivity contribution in [2.45, 2.75) is 11.4 Å². The second-order valence-corrected chi connectivity index (χ2v) is 6.56. The van der Waals surface area contributed by atoms with E-state index in [4.69, 9.17) is 17.3 Å². The largest absolute Gasteiger partial charge is 0.366 e. The maximum absolute atomic E-state index is 11.1. The number of aromatic nitrogens is 4. The summed E-state index contributed by atoms with van der Waals surface area (Å²) >= 11 is 7.56. The van der Waals surface area contributed by atoms with Crippen molar-refractivity contribution in [3.05, 3.63) is 59.1 Å². The standard InChI is InChI=1S/C16H14ClN5OS/c17-13-5-7-14(8-6-13)24-10-9-22-20-16(19-21-22)12-3-1-11(2-4-12)15(18)23/h1-8H,9-10H2,(H2,18,23). The molecule has 0 atom stereocenters. The molecule has 6 nitrogen and oxygen atoms in total. The number of nitrogens with two attached hydrogens (primary N) is 1. The maximum Gasteiger partial charge on any atom is 0.248 e. The zero-order valence-corrected chi connectivity index (χ0v) is 14.2. The number of tetrazole rings is 1. The van der Waals surface area contributed by atoms with Crippen molar-refractivity contribution in [1.29, 1.82) is 0 Å². The predicted molar refractivity (Wildman–Crippen MR) is 93.9 cm³/mol. The minimum atomic E-state index is -0.461. The predicted octanol–water partition coefficient (Wildman–Crippen LogP) is 2.88. The second kappa shape index (κ2) is 7.46. The Kier molecular flexibility index (Phi) is 5.12. The lowest BCUT2D eigenvalue weighted by Gasteiger charge is -2.01. The highest BCUT2D eigenvalue weighted by Gasteiger charge is 2.07. The molecule has 0 radical (unpaired) electrons. The molecule has 0 fully saturated rings. The third-order valence-corrected chi connectivity index (χ3v) is 4.50. The molecule has 8 heteroatoms. The summed E-state index contributed by atoms with van der Waals surface area (Å²) in [5.74, 6) is 0.873. The number of aryl methyl sites for hydroxylation is 1. The summed E-state index contributed by atoms with van der Waals surface area (Å²) in [7, 11) is 0. The van der Waals surface area contributed by atoms with Crippen molar-refractivity contribution < 1.29 is 4.79 Å². The molecule has 0 unspecified atom stereocenters. The van der Waals surface area contributed by atoms with Crippen LogP contribution in [0.3, 0.4) is 0 Å². The van der Waals surface area contributed by atoms with Crippen LogP contribution in [0.5, 0.6) is 0 Å². The van der Waals surface area contributed by atoms with Gasteiger partial charge < -0.3 is 5.73 Å². The first-order valence-corrected chi connectivity index (χ1v) is 8.54. The Labute approximate surface area is 148 Å². The summed E-state index contributed by atoms with van der Waals surface area (Å²) in [4.78, 5) is 13.8. The van der Waals surface area contributed by atoms with Crippen LogP contribution in [0, 0.1) is 0 Å². The maximum atomic E-state index is 11.1. The molecule has 0 aliphatic carbocycles. The zero-order valence-electron chi connectivity index (χ0n) is 12.6. The number of halogens is 1. The van der Waals surface area contributed by atoms with Gasteiger partial charge in [-0.2, -0.15) is 4.80 Å². The summed E-state index contributed by atoms with van der Waals surface area (Å²) in [6, 6.07) is 14.5. The number of thioether (sulfide) groups is 1. The van der Waals surface area contributed by atoms with Crippen molar-refractivity contribution in [2.75, 3.05) is 5.75 Å². The van der Waals surface area contributed by atoms with Crippen LogP contribution in [0.1, 0.15) is 10.4 Å². The van der Waals surface area contributed by atoms with Gasteiger partial charge in [0.05, 0.1) is 6.54 Å². The molecule has 2 N–H and O–H groups in total. The molecular weight excluding hydrogens is 346 g/mol. The van der Waals surface area contributed by atoms with Crippen LogP contribution < -0.4 is 5.73 Å². The SMILES string of the molecule is NC(=O)c1ccc(-c2nnn(CCSc3ccc(Cl)cc3)n2)cc1. The van der Waals surface area contributed by atoms with Crippen molar-refractivity contribution >= 4 is 29.3 Å². The summed E-state index contributed by atoms with van der Waals surface area (Å²) in [5, 5.41) is 13.2. The van der Waals surface area contributed by atoms with E-state index >= 15 is 0 Å². The first-order valence-electron chi connectivity index (χ1n) is 7.18. The smallest absolute Gasteiger partial charge is 0.248 e. The van der Waals surface area contributed by atoms with Gasteiger partial charge in [0.2, 0.25) is 11.7 Å². The van der Waals surface area contributed by atoms with E-state index < -0.39 is 5.91 Å². The van der Waals surface area contributed by atoms with Crippen LogP contribution in [-0.4, -0.2) is 31.9 Å². The van der Waals surface area contributed by atoms with Gasteiger partial charge in [-0.25, -0.2) is 0 Å². The fourth-order valence-corrected chi connectivity index (χ4v) is 2.96. The number of rotatable bonds is 6. The Bertz CT molecular complexity index is 832. The minimum Gasteiger partial charge on any atom is -0.366 e. The molecule has 1 amide bonds. The molecule has 2 aromatic carbocycles. The van der Waals surface area contributed by atoms with Gasteiger partial charge in [-0.05, 0) is 41.6 Å². The Morgan fingerprint density at radius 1 is 1.12 bits per heavy atom. The van der Waals surface area contributed by atoms with E-state index in [1.807, 2.05) is 24.3 Å². The molecule has 24 heavy (non-hydrogen) atoms. The highest BCUT2D eigenvalue weighted by atomic mass is 35.5. The van der Waals surface area contributed by atoms with Crippen molar-refractivity contribution in [1.82, 2.24) is 20.2 Å². The van der Waals surface area contributed by atoms with Crippen LogP contribution in [0.15, 0.2) is 53.4 Å². The molecule has 1 heterocycles. The van der Waals surface area contributed by atoms with E-state index in [0.29, 0.717) is 17.9 Å². The van der Waals surface area contributed by atoms with E-state index in [9.17, 15) is 4.79 Å². The average molecular weight is 360 g/mol. The summed E-state index contributed by atoms with van der Waals surface area (Å²) in [6.07, 6.45) is 0. The lowest BCUT2D eigenvalue weighted by Crippen LogP contribution is -2.10. The molecule has 3 aromatic rings. The fourth-order valence-electron chi connectivity index (χ4n) is 2.01.